The van der Waals surface area contributed by atoms with Gasteiger partial charge in [-0.05, 0) is 35.7 Å². The number of anilines is 2. The van der Waals surface area contributed by atoms with Gasteiger partial charge in [-0.2, -0.15) is 0 Å². The van der Waals surface area contributed by atoms with Crippen LogP contribution in [0.1, 0.15) is 48.7 Å². The molecule has 0 radical (unpaired) electrons. The fourth-order valence-electron chi connectivity index (χ4n) is 3.75. The summed E-state index contributed by atoms with van der Waals surface area (Å²) in [6.45, 7) is 7.38. The molecule has 2 aliphatic rings. The maximum Gasteiger partial charge on any atom is 0.274 e. The van der Waals surface area contributed by atoms with Gasteiger partial charge in [0.1, 0.15) is 5.69 Å². The van der Waals surface area contributed by atoms with Crippen molar-refractivity contribution in [2.24, 2.45) is 0 Å². The first-order valence-corrected chi connectivity index (χ1v) is 9.95. The van der Waals surface area contributed by atoms with Crippen LogP contribution in [0.2, 0.25) is 0 Å². The maximum atomic E-state index is 12.5. The molecule has 4 rings (SSSR count). The number of nitrogens with one attached hydrogen (secondary N) is 1. The molecule has 3 heterocycles. The molecule has 28 heavy (non-hydrogen) atoms. The Morgan fingerprint density at radius 1 is 1.07 bits per heavy atom. The molecule has 1 spiro atoms. The minimum Gasteiger partial charge on any atom is -0.370 e. The second-order valence-electron chi connectivity index (χ2n) is 7.73. The Balaban J connectivity index is 1.35. The van der Waals surface area contributed by atoms with E-state index < -0.39 is 0 Å². The summed E-state index contributed by atoms with van der Waals surface area (Å²) >= 11 is 0. The Hall–Kier alpha value is -2.44. The third-order valence-corrected chi connectivity index (χ3v) is 5.52. The van der Waals surface area contributed by atoms with E-state index in [2.05, 4.69) is 29.0 Å². The molecule has 1 amide bonds. The predicted molar refractivity (Wildman–Crippen MR) is 109 cm³/mol. The number of rotatable bonds is 4. The molecule has 0 atom stereocenters. The number of nitrogens with zero attached hydrogens (tertiary/aromatic N) is 2. The van der Waals surface area contributed by atoms with Gasteiger partial charge in [0.25, 0.3) is 5.91 Å². The van der Waals surface area contributed by atoms with Crippen molar-refractivity contribution in [1.82, 2.24) is 4.98 Å². The Bertz CT molecular complexity index is 802. The van der Waals surface area contributed by atoms with Crippen molar-refractivity contribution < 1.29 is 14.3 Å². The molecule has 148 valence electrons. The summed E-state index contributed by atoms with van der Waals surface area (Å²) in [4.78, 5) is 19.1. The summed E-state index contributed by atoms with van der Waals surface area (Å²) in [7, 11) is 0. The summed E-state index contributed by atoms with van der Waals surface area (Å²) in [6.07, 6.45) is 3.47. The van der Waals surface area contributed by atoms with E-state index in [4.69, 9.17) is 9.47 Å². The zero-order chi connectivity index (χ0) is 19.6. The van der Waals surface area contributed by atoms with Gasteiger partial charge in [0.05, 0.1) is 25.1 Å². The maximum absolute atomic E-state index is 12.5. The summed E-state index contributed by atoms with van der Waals surface area (Å²) in [6, 6.07) is 11.7. The number of hydrogen-bond donors (Lipinski definition) is 1. The first-order chi connectivity index (χ1) is 13.5. The van der Waals surface area contributed by atoms with Crippen molar-refractivity contribution in [3.8, 4) is 0 Å². The van der Waals surface area contributed by atoms with E-state index in [0.717, 1.165) is 37.3 Å². The van der Waals surface area contributed by atoms with E-state index in [1.807, 2.05) is 30.3 Å². The van der Waals surface area contributed by atoms with Crippen LogP contribution in [0, 0.1) is 0 Å². The van der Waals surface area contributed by atoms with E-state index in [1.165, 1.54) is 5.56 Å². The summed E-state index contributed by atoms with van der Waals surface area (Å²) in [5.74, 6) is -0.112. The van der Waals surface area contributed by atoms with Gasteiger partial charge in [0.15, 0.2) is 5.79 Å². The largest absolute Gasteiger partial charge is 0.370 e. The molecule has 2 fully saturated rings. The first-order valence-electron chi connectivity index (χ1n) is 9.95. The number of amides is 1. The number of piperidine rings is 1. The van der Waals surface area contributed by atoms with E-state index in [9.17, 15) is 4.79 Å². The summed E-state index contributed by atoms with van der Waals surface area (Å²) < 4.78 is 11.6. The minimum atomic E-state index is -0.380. The van der Waals surface area contributed by atoms with Gasteiger partial charge in [0.2, 0.25) is 0 Å². The average Bonchev–Trinajstić information content (AvgIpc) is 3.17. The number of benzene rings is 1. The molecule has 1 aromatic heterocycles. The van der Waals surface area contributed by atoms with Crippen molar-refractivity contribution in [2.45, 2.75) is 38.4 Å². The molecular formula is C22H27N3O3. The van der Waals surface area contributed by atoms with Crippen molar-refractivity contribution in [3.63, 3.8) is 0 Å². The molecule has 6 heteroatoms. The van der Waals surface area contributed by atoms with Gasteiger partial charge in [0, 0.05) is 31.6 Å². The number of carbonyl (C=O) groups is 1. The molecule has 2 aromatic rings. The molecule has 0 unspecified atom stereocenters. The monoisotopic (exact) mass is 381 g/mol. The zero-order valence-corrected chi connectivity index (χ0v) is 16.5. The van der Waals surface area contributed by atoms with Gasteiger partial charge >= 0.3 is 0 Å². The lowest BCUT2D eigenvalue weighted by Gasteiger charge is -2.38. The standard InChI is InChI=1S/C22H27N3O3/c1-16(2)17-3-5-18(6-4-17)24-21(26)20-8-7-19(15-23-20)25-11-9-22(10-12-25)27-13-14-28-22/h3-8,15-16H,9-14H2,1-2H3,(H,24,26). The minimum absolute atomic E-state index is 0.200. The molecular weight excluding hydrogens is 354 g/mol. The highest BCUT2D eigenvalue weighted by molar-refractivity contribution is 6.02. The topological polar surface area (TPSA) is 63.7 Å². The van der Waals surface area contributed by atoms with Crippen LogP contribution in [-0.4, -0.2) is 43.0 Å². The van der Waals surface area contributed by atoms with Crippen molar-refractivity contribution >= 4 is 17.3 Å². The smallest absolute Gasteiger partial charge is 0.274 e. The number of aromatic nitrogens is 1. The lowest BCUT2D eigenvalue weighted by atomic mass is 10.0. The van der Waals surface area contributed by atoms with Crippen LogP contribution in [0.4, 0.5) is 11.4 Å². The SMILES string of the molecule is CC(C)c1ccc(NC(=O)c2ccc(N3CCC4(CC3)OCCO4)cn2)cc1. The third kappa shape index (κ3) is 4.03. The van der Waals surface area contributed by atoms with Crippen LogP contribution in [0.3, 0.4) is 0 Å². The zero-order valence-electron chi connectivity index (χ0n) is 16.5. The lowest BCUT2D eigenvalue weighted by Crippen LogP contribution is -2.45. The fraction of sp³-hybridized carbons (Fsp3) is 0.455. The molecule has 0 saturated carbocycles. The number of carbonyl (C=O) groups excluding carboxylic acids is 1. The van der Waals surface area contributed by atoms with E-state index >= 15 is 0 Å². The number of pyridine rings is 1. The van der Waals surface area contributed by atoms with E-state index in [1.54, 1.807) is 12.3 Å². The normalized spacial score (nSPS) is 18.6. The quantitative estimate of drug-likeness (QED) is 0.873. The lowest BCUT2D eigenvalue weighted by molar-refractivity contribution is -0.169. The second kappa shape index (κ2) is 7.89. The molecule has 1 aromatic carbocycles. The predicted octanol–water partition coefficient (Wildman–Crippen LogP) is 3.80. The van der Waals surface area contributed by atoms with Crippen molar-refractivity contribution in [1.29, 1.82) is 0 Å². The molecule has 2 aliphatic heterocycles. The Morgan fingerprint density at radius 3 is 2.32 bits per heavy atom. The fourth-order valence-corrected chi connectivity index (χ4v) is 3.75. The van der Waals surface area contributed by atoms with Gasteiger partial charge in [-0.3, -0.25) is 4.79 Å². The number of hydrogen-bond acceptors (Lipinski definition) is 5. The average molecular weight is 381 g/mol. The van der Waals surface area contributed by atoms with Gasteiger partial charge in [-0.15, -0.1) is 0 Å². The molecule has 0 bridgehead atoms. The molecule has 1 N–H and O–H groups in total. The highest BCUT2D eigenvalue weighted by Crippen LogP contribution is 2.33. The number of ether oxygens (including phenoxy) is 2. The van der Waals surface area contributed by atoms with Crippen molar-refractivity contribution in [3.05, 3.63) is 53.9 Å². The van der Waals surface area contributed by atoms with Crippen LogP contribution in [0.15, 0.2) is 42.6 Å². The van der Waals surface area contributed by atoms with Gasteiger partial charge in [-0.1, -0.05) is 26.0 Å². The van der Waals surface area contributed by atoms with Crippen LogP contribution in [0.5, 0.6) is 0 Å². The Labute approximate surface area is 165 Å². The third-order valence-electron chi connectivity index (χ3n) is 5.52. The highest BCUT2D eigenvalue weighted by atomic mass is 16.7. The van der Waals surface area contributed by atoms with Crippen LogP contribution in [0.25, 0.3) is 0 Å². The summed E-state index contributed by atoms with van der Waals surface area (Å²) in [5, 5.41) is 2.91. The van der Waals surface area contributed by atoms with E-state index in [0.29, 0.717) is 24.8 Å². The Kier molecular flexibility index (Phi) is 5.33. The van der Waals surface area contributed by atoms with Crippen LogP contribution >= 0.6 is 0 Å². The Morgan fingerprint density at radius 2 is 1.75 bits per heavy atom. The molecule has 0 aliphatic carbocycles. The molecule has 6 nitrogen and oxygen atoms in total. The van der Waals surface area contributed by atoms with Gasteiger partial charge in [-0.25, -0.2) is 4.98 Å². The van der Waals surface area contributed by atoms with E-state index in [-0.39, 0.29) is 11.7 Å². The van der Waals surface area contributed by atoms with Crippen LogP contribution < -0.4 is 10.2 Å². The van der Waals surface area contributed by atoms with Crippen molar-refractivity contribution in [2.75, 3.05) is 36.5 Å². The summed E-state index contributed by atoms with van der Waals surface area (Å²) in [5.41, 5.74) is 3.45. The van der Waals surface area contributed by atoms with Crippen LogP contribution in [-0.2, 0) is 9.47 Å². The van der Waals surface area contributed by atoms with Gasteiger partial charge < -0.3 is 19.7 Å². The highest BCUT2D eigenvalue weighted by Gasteiger charge is 2.39. The second-order valence-corrected chi connectivity index (χ2v) is 7.73. The first kappa shape index (κ1) is 18.9. The molecule has 2 saturated heterocycles.